The molecule has 1 heterocycles. The fourth-order valence-electron chi connectivity index (χ4n) is 4.85. The average molecular weight is 603 g/mol. The second kappa shape index (κ2) is 15.7. The monoisotopic (exact) mass is 602 g/mol. The average Bonchev–Trinajstić information content (AvgIpc) is 3.11. The summed E-state index contributed by atoms with van der Waals surface area (Å²) in [5, 5.41) is 21.9. The molecule has 8 heteroatoms. The Hall–Kier alpha value is -3.89. The molecule has 2 N–H and O–H groups in total. The van der Waals surface area contributed by atoms with Crippen molar-refractivity contribution in [2.24, 2.45) is 0 Å². The summed E-state index contributed by atoms with van der Waals surface area (Å²) in [6.45, 7) is -5.70. The van der Waals surface area contributed by atoms with E-state index < -0.39 is 68.9 Å². The molecule has 8 nitrogen and oxygen atoms in total. The van der Waals surface area contributed by atoms with Crippen LogP contribution in [0.5, 0.6) is 0 Å². The summed E-state index contributed by atoms with van der Waals surface area (Å²) < 4.78 is 65.8. The van der Waals surface area contributed by atoms with Gasteiger partial charge in [-0.1, -0.05) is 121 Å². The highest BCUT2D eigenvalue weighted by Gasteiger charge is 2.57. The minimum atomic E-state index is -2.61. The van der Waals surface area contributed by atoms with Crippen LogP contribution in [0.3, 0.4) is 0 Å². The molecular formula is C36H38O8. The van der Waals surface area contributed by atoms with Crippen LogP contribution in [0.1, 0.15) is 34.2 Å². The van der Waals surface area contributed by atoms with Crippen molar-refractivity contribution in [1.29, 1.82) is 0 Å². The van der Waals surface area contributed by atoms with Crippen molar-refractivity contribution >= 4 is 5.97 Å². The van der Waals surface area contributed by atoms with Gasteiger partial charge in [-0.2, -0.15) is 0 Å². The summed E-state index contributed by atoms with van der Waals surface area (Å²) >= 11 is 0. The van der Waals surface area contributed by atoms with E-state index in [2.05, 4.69) is 0 Å². The zero-order valence-electron chi connectivity index (χ0n) is 27.9. The first-order valence-electron chi connectivity index (χ1n) is 16.5. The van der Waals surface area contributed by atoms with Crippen LogP contribution >= 0.6 is 0 Å². The molecule has 1 aliphatic rings. The zero-order chi connectivity index (χ0) is 34.1. The molecule has 0 bridgehead atoms. The van der Waals surface area contributed by atoms with Gasteiger partial charge in [0.25, 0.3) is 0 Å². The lowest BCUT2D eigenvalue weighted by molar-refractivity contribution is -0.370. The van der Waals surface area contributed by atoms with Gasteiger partial charge in [-0.3, -0.25) is 4.79 Å². The molecule has 230 valence electrons. The maximum absolute atomic E-state index is 12.2. The smallest absolute Gasteiger partial charge is 0.308 e. The molecule has 1 aliphatic heterocycles. The van der Waals surface area contributed by atoms with Crippen molar-refractivity contribution in [3.05, 3.63) is 144 Å². The quantitative estimate of drug-likeness (QED) is 0.183. The Labute approximate surface area is 263 Å². The minimum absolute atomic E-state index is 0.388. The number of aliphatic hydroxyl groups is 1. The maximum Gasteiger partial charge on any atom is 0.308 e. The Balaban J connectivity index is 1.56. The number of hydrogen-bond acceptors (Lipinski definition) is 7. The van der Waals surface area contributed by atoms with Crippen LogP contribution in [0.2, 0.25) is 0 Å². The van der Waals surface area contributed by atoms with Crippen molar-refractivity contribution in [2.45, 2.75) is 63.0 Å². The standard InChI is InChI=1S/C36H38O8/c37-32(38)21-36(39)35(43-25-30-19-11-4-12-20-30)34(42-24-29-17-9-3-10-18-29)33(41-23-28-15-7-2-8-16-28)31(44-36)26-40-22-27-13-5-1-6-14-27/h1-20,31,33-35,39H,21-26H2,(H,37,38)/t31-,33-,34+,35+,36?/m1/s1/i22D,23D,24D,25D/t22?,23?,24?,25?,31-,33-,34+,35+,36?. The SMILES string of the molecule is [2H]C(OC[C@H]1OC(O)(CC(=O)O)[C@@H](OC([2H])c2ccccc2)[C@@H](OC([2H])c2ccccc2)[C@@H]1OC([2H])c1ccccc1)c1ccccc1. The van der Waals surface area contributed by atoms with Crippen molar-refractivity contribution in [1.82, 2.24) is 0 Å². The van der Waals surface area contributed by atoms with E-state index in [4.69, 9.17) is 29.2 Å². The molecule has 44 heavy (non-hydrogen) atoms. The third-order valence-corrected chi connectivity index (χ3v) is 6.94. The Kier molecular flexibility index (Phi) is 9.47. The number of carbonyl (C=O) groups is 1. The molecular weight excluding hydrogens is 560 g/mol. The van der Waals surface area contributed by atoms with E-state index in [1.54, 1.807) is 121 Å². The molecule has 9 atom stereocenters. The van der Waals surface area contributed by atoms with Crippen LogP contribution < -0.4 is 0 Å². The van der Waals surface area contributed by atoms with Gasteiger partial charge < -0.3 is 33.9 Å². The molecule has 5 unspecified atom stereocenters. The fourth-order valence-corrected chi connectivity index (χ4v) is 4.85. The molecule has 0 radical (unpaired) electrons. The summed E-state index contributed by atoms with van der Waals surface area (Å²) in [6.07, 6.45) is -6.76. The third kappa shape index (κ3) is 8.83. The van der Waals surface area contributed by atoms with E-state index in [9.17, 15) is 15.0 Å². The topological polar surface area (TPSA) is 104 Å². The lowest BCUT2D eigenvalue weighted by Gasteiger charge is -2.49. The number of carboxylic acid groups (broad SMARTS) is 1. The molecule has 0 amide bonds. The van der Waals surface area contributed by atoms with Crippen LogP contribution in [0, 0.1) is 0 Å². The van der Waals surface area contributed by atoms with Crippen LogP contribution in [0.4, 0.5) is 0 Å². The van der Waals surface area contributed by atoms with Gasteiger partial charge >= 0.3 is 5.97 Å². The fraction of sp³-hybridized carbons (Fsp3) is 0.306. The Morgan fingerprint density at radius 1 is 0.659 bits per heavy atom. The third-order valence-electron chi connectivity index (χ3n) is 6.94. The maximum atomic E-state index is 12.2. The van der Waals surface area contributed by atoms with Gasteiger partial charge in [0, 0.05) is 0 Å². The van der Waals surface area contributed by atoms with Crippen LogP contribution in [-0.4, -0.2) is 53.0 Å². The first kappa shape index (κ1) is 26.5. The van der Waals surface area contributed by atoms with Crippen molar-refractivity contribution in [2.75, 3.05) is 6.61 Å². The molecule has 0 aliphatic carbocycles. The molecule has 1 saturated heterocycles. The van der Waals surface area contributed by atoms with Gasteiger partial charge in [0.05, 0.1) is 38.4 Å². The highest BCUT2D eigenvalue weighted by molar-refractivity contribution is 5.68. The van der Waals surface area contributed by atoms with Crippen LogP contribution in [0.25, 0.3) is 0 Å². The molecule has 0 aromatic heterocycles. The van der Waals surface area contributed by atoms with E-state index in [1.165, 1.54) is 0 Å². The molecule has 0 saturated carbocycles. The number of aliphatic carboxylic acids is 1. The van der Waals surface area contributed by atoms with Crippen molar-refractivity contribution < 1.29 is 44.2 Å². The molecule has 4 aromatic carbocycles. The second-order valence-electron chi connectivity index (χ2n) is 10.3. The predicted molar refractivity (Wildman–Crippen MR) is 163 cm³/mol. The van der Waals surface area contributed by atoms with Crippen LogP contribution in [-0.2, 0) is 54.8 Å². The summed E-state index contributed by atoms with van der Waals surface area (Å²) in [6, 6.07) is 34.4. The Morgan fingerprint density at radius 2 is 1.07 bits per heavy atom. The molecule has 4 aromatic rings. The van der Waals surface area contributed by atoms with E-state index in [1.807, 2.05) is 0 Å². The number of hydrogen-bond donors (Lipinski definition) is 2. The van der Waals surface area contributed by atoms with Crippen LogP contribution in [0.15, 0.2) is 121 Å². The van der Waals surface area contributed by atoms with Gasteiger partial charge in [0.15, 0.2) is 0 Å². The molecule has 5 rings (SSSR count). The number of ether oxygens (including phenoxy) is 5. The van der Waals surface area contributed by atoms with Gasteiger partial charge in [-0.05, 0) is 22.3 Å². The van der Waals surface area contributed by atoms with E-state index in [0.29, 0.717) is 22.3 Å². The van der Waals surface area contributed by atoms with E-state index >= 15 is 0 Å². The first-order chi connectivity index (χ1) is 23.1. The first-order valence-corrected chi connectivity index (χ1v) is 14.2. The molecule has 0 spiro atoms. The van der Waals surface area contributed by atoms with Crippen molar-refractivity contribution in [3.63, 3.8) is 0 Å². The molecule has 1 fully saturated rings. The lowest BCUT2D eigenvalue weighted by atomic mass is 9.89. The van der Waals surface area contributed by atoms with Gasteiger partial charge in [0.1, 0.15) is 30.8 Å². The van der Waals surface area contributed by atoms with Crippen molar-refractivity contribution in [3.8, 4) is 0 Å². The summed E-state index contributed by atoms with van der Waals surface area (Å²) in [5.41, 5.74) is 1.88. The van der Waals surface area contributed by atoms with E-state index in [-0.39, 0.29) is 6.61 Å². The van der Waals surface area contributed by atoms with E-state index in [0.717, 1.165) is 0 Å². The number of benzene rings is 4. The summed E-state index contributed by atoms with van der Waals surface area (Å²) in [4.78, 5) is 12.2. The Bertz CT molecular complexity index is 1560. The second-order valence-corrected chi connectivity index (χ2v) is 10.3. The normalized spacial score (nSPS) is 27.5. The minimum Gasteiger partial charge on any atom is -0.481 e. The number of rotatable bonds is 15. The lowest BCUT2D eigenvalue weighted by Crippen LogP contribution is -2.67. The van der Waals surface area contributed by atoms with Gasteiger partial charge in [-0.25, -0.2) is 0 Å². The summed E-state index contributed by atoms with van der Waals surface area (Å²) in [7, 11) is 0. The van der Waals surface area contributed by atoms with Gasteiger partial charge in [0.2, 0.25) is 5.79 Å². The predicted octanol–water partition coefficient (Wildman–Crippen LogP) is 5.52. The summed E-state index contributed by atoms with van der Waals surface area (Å²) in [5.74, 6) is -4.04. The largest absolute Gasteiger partial charge is 0.481 e. The highest BCUT2D eigenvalue weighted by atomic mass is 16.7. The van der Waals surface area contributed by atoms with Gasteiger partial charge in [-0.15, -0.1) is 0 Å². The number of carboxylic acids is 1. The Morgan fingerprint density at radius 3 is 1.52 bits per heavy atom. The highest BCUT2D eigenvalue weighted by Crippen LogP contribution is 2.37. The zero-order valence-corrected chi connectivity index (χ0v) is 23.9.